The van der Waals surface area contributed by atoms with Gasteiger partial charge in [-0.2, -0.15) is 0 Å². The minimum absolute atomic E-state index is 0.0339. The van der Waals surface area contributed by atoms with Crippen LogP contribution in [0.1, 0.15) is 24.2 Å². The maximum Gasteiger partial charge on any atom is 0.185 e. The van der Waals surface area contributed by atoms with Gasteiger partial charge in [-0.1, -0.05) is 29.5 Å². The van der Waals surface area contributed by atoms with Gasteiger partial charge in [-0.25, -0.2) is 4.98 Å². The molecule has 0 aliphatic heterocycles. The monoisotopic (exact) mass is 356 g/mol. The number of anilines is 1. The van der Waals surface area contributed by atoms with Gasteiger partial charge in [-0.15, -0.1) is 0 Å². The standard InChI is InChI=1S/C19H20N2O3S/c1-3-23-15-9-6-5-8-13(15)14(22)12-20-19-21-18-16(24-4-2)10-7-11-17(18)25-19/h5-11H,3-4,12H2,1-2H3,(H,20,21). The number of nitrogens with zero attached hydrogens (tertiary/aromatic N) is 1. The van der Waals surface area contributed by atoms with Crippen LogP contribution < -0.4 is 14.8 Å². The van der Waals surface area contributed by atoms with Crippen molar-refractivity contribution in [2.75, 3.05) is 25.1 Å². The number of aromatic nitrogens is 1. The zero-order valence-electron chi connectivity index (χ0n) is 14.2. The number of thiazole rings is 1. The number of nitrogens with one attached hydrogen (secondary N) is 1. The van der Waals surface area contributed by atoms with E-state index < -0.39 is 0 Å². The Morgan fingerprint density at radius 1 is 1.04 bits per heavy atom. The summed E-state index contributed by atoms with van der Waals surface area (Å²) in [6, 6.07) is 13.1. The average Bonchev–Trinajstić information content (AvgIpc) is 3.05. The number of benzene rings is 2. The van der Waals surface area contributed by atoms with E-state index in [1.165, 1.54) is 11.3 Å². The van der Waals surface area contributed by atoms with Gasteiger partial charge in [-0.3, -0.25) is 4.79 Å². The largest absolute Gasteiger partial charge is 0.493 e. The van der Waals surface area contributed by atoms with E-state index in [0.29, 0.717) is 29.7 Å². The fourth-order valence-electron chi connectivity index (χ4n) is 2.50. The molecule has 25 heavy (non-hydrogen) atoms. The predicted molar refractivity (Wildman–Crippen MR) is 101 cm³/mol. The lowest BCUT2D eigenvalue weighted by molar-refractivity contribution is 0.100. The van der Waals surface area contributed by atoms with Crippen molar-refractivity contribution in [3.8, 4) is 11.5 Å². The van der Waals surface area contributed by atoms with E-state index in [1.54, 1.807) is 6.07 Å². The van der Waals surface area contributed by atoms with Crippen molar-refractivity contribution >= 4 is 32.5 Å². The number of ether oxygens (including phenoxy) is 2. The third-order valence-electron chi connectivity index (χ3n) is 3.57. The molecule has 3 rings (SSSR count). The van der Waals surface area contributed by atoms with E-state index in [4.69, 9.17) is 9.47 Å². The van der Waals surface area contributed by atoms with Crippen LogP contribution in [0.2, 0.25) is 0 Å². The Labute approximate surface area is 150 Å². The summed E-state index contributed by atoms with van der Waals surface area (Å²) in [5.41, 5.74) is 1.40. The first-order valence-corrected chi connectivity index (χ1v) is 9.05. The first kappa shape index (κ1) is 17.2. The minimum Gasteiger partial charge on any atom is -0.493 e. The second kappa shape index (κ2) is 7.98. The third-order valence-corrected chi connectivity index (χ3v) is 4.55. The highest BCUT2D eigenvalue weighted by molar-refractivity contribution is 7.22. The molecule has 130 valence electrons. The normalized spacial score (nSPS) is 10.6. The van der Waals surface area contributed by atoms with Gasteiger partial charge in [-0.05, 0) is 38.1 Å². The summed E-state index contributed by atoms with van der Waals surface area (Å²) in [6.45, 7) is 5.12. The molecule has 1 heterocycles. The summed E-state index contributed by atoms with van der Waals surface area (Å²) in [5, 5.41) is 3.82. The van der Waals surface area contributed by atoms with Crippen LogP contribution in [0, 0.1) is 0 Å². The Morgan fingerprint density at radius 3 is 2.56 bits per heavy atom. The second-order valence-corrected chi connectivity index (χ2v) is 6.29. The van der Waals surface area contributed by atoms with Crippen LogP contribution in [0.5, 0.6) is 11.5 Å². The van der Waals surface area contributed by atoms with Gasteiger partial charge in [0.15, 0.2) is 10.9 Å². The van der Waals surface area contributed by atoms with Gasteiger partial charge in [0.05, 0.1) is 30.0 Å². The number of para-hydroxylation sites is 2. The van der Waals surface area contributed by atoms with Crippen molar-refractivity contribution in [2.45, 2.75) is 13.8 Å². The van der Waals surface area contributed by atoms with Gasteiger partial charge >= 0.3 is 0 Å². The first-order chi connectivity index (χ1) is 12.2. The molecule has 0 atom stereocenters. The molecular formula is C19H20N2O3S. The summed E-state index contributed by atoms with van der Waals surface area (Å²) in [5.74, 6) is 1.34. The highest BCUT2D eigenvalue weighted by atomic mass is 32.1. The Kier molecular flexibility index (Phi) is 5.50. The van der Waals surface area contributed by atoms with Crippen molar-refractivity contribution in [1.29, 1.82) is 0 Å². The molecule has 5 nitrogen and oxygen atoms in total. The molecular weight excluding hydrogens is 336 g/mol. The maximum absolute atomic E-state index is 12.5. The van der Waals surface area contributed by atoms with E-state index in [1.807, 2.05) is 50.2 Å². The van der Waals surface area contributed by atoms with E-state index >= 15 is 0 Å². The number of carbonyl (C=O) groups excluding carboxylic acids is 1. The second-order valence-electron chi connectivity index (χ2n) is 5.26. The number of rotatable bonds is 8. The number of carbonyl (C=O) groups is 1. The lowest BCUT2D eigenvalue weighted by atomic mass is 10.1. The third kappa shape index (κ3) is 3.91. The fourth-order valence-corrected chi connectivity index (χ4v) is 3.38. The van der Waals surface area contributed by atoms with Crippen molar-refractivity contribution in [3.05, 3.63) is 48.0 Å². The van der Waals surface area contributed by atoms with Crippen LogP contribution in [0.15, 0.2) is 42.5 Å². The molecule has 3 aromatic rings. The highest BCUT2D eigenvalue weighted by Gasteiger charge is 2.14. The summed E-state index contributed by atoms with van der Waals surface area (Å²) < 4.78 is 12.1. The molecule has 0 aliphatic rings. The maximum atomic E-state index is 12.5. The smallest absolute Gasteiger partial charge is 0.185 e. The zero-order valence-corrected chi connectivity index (χ0v) is 15.1. The van der Waals surface area contributed by atoms with Gasteiger partial charge in [0.25, 0.3) is 0 Å². The molecule has 0 saturated carbocycles. The SMILES string of the molecule is CCOc1ccccc1C(=O)CNc1nc2c(OCC)cccc2s1. The van der Waals surface area contributed by atoms with Gasteiger partial charge in [0, 0.05) is 0 Å². The van der Waals surface area contributed by atoms with Gasteiger partial charge in [0.2, 0.25) is 0 Å². The van der Waals surface area contributed by atoms with Gasteiger partial charge in [0.1, 0.15) is 17.0 Å². The summed E-state index contributed by atoms with van der Waals surface area (Å²) >= 11 is 1.50. The summed E-state index contributed by atoms with van der Waals surface area (Å²) in [6.07, 6.45) is 0. The molecule has 0 radical (unpaired) electrons. The Morgan fingerprint density at radius 2 is 1.76 bits per heavy atom. The molecule has 6 heteroatoms. The molecule has 2 aromatic carbocycles. The van der Waals surface area contributed by atoms with E-state index in [-0.39, 0.29) is 12.3 Å². The zero-order chi connectivity index (χ0) is 17.6. The summed E-state index contributed by atoms with van der Waals surface area (Å²) in [7, 11) is 0. The lowest BCUT2D eigenvalue weighted by Crippen LogP contribution is -2.15. The van der Waals surface area contributed by atoms with Crippen molar-refractivity contribution in [2.24, 2.45) is 0 Å². The topological polar surface area (TPSA) is 60.5 Å². The minimum atomic E-state index is -0.0339. The van der Waals surface area contributed by atoms with Crippen molar-refractivity contribution < 1.29 is 14.3 Å². The number of Topliss-reactive ketones (excluding diaryl/α,β-unsaturated/α-hetero) is 1. The van der Waals surface area contributed by atoms with Crippen LogP contribution in [0.25, 0.3) is 10.2 Å². The fraction of sp³-hybridized carbons (Fsp3) is 0.263. The highest BCUT2D eigenvalue weighted by Crippen LogP contribution is 2.32. The molecule has 0 fully saturated rings. The molecule has 0 unspecified atom stereocenters. The number of hydrogen-bond acceptors (Lipinski definition) is 6. The van der Waals surface area contributed by atoms with Crippen LogP contribution in [0.4, 0.5) is 5.13 Å². The predicted octanol–water partition coefficient (Wildman–Crippen LogP) is 4.39. The van der Waals surface area contributed by atoms with E-state index in [0.717, 1.165) is 16.0 Å². The van der Waals surface area contributed by atoms with Crippen molar-refractivity contribution in [3.63, 3.8) is 0 Å². The van der Waals surface area contributed by atoms with E-state index in [9.17, 15) is 4.79 Å². The Bertz CT molecular complexity index is 876. The molecule has 0 saturated heterocycles. The lowest BCUT2D eigenvalue weighted by Gasteiger charge is -2.09. The van der Waals surface area contributed by atoms with Crippen LogP contribution in [-0.4, -0.2) is 30.5 Å². The van der Waals surface area contributed by atoms with Crippen LogP contribution in [-0.2, 0) is 0 Å². The van der Waals surface area contributed by atoms with Gasteiger partial charge < -0.3 is 14.8 Å². The summed E-state index contributed by atoms with van der Waals surface area (Å²) in [4.78, 5) is 17.1. The Hall–Kier alpha value is -2.60. The average molecular weight is 356 g/mol. The molecule has 0 amide bonds. The number of ketones is 1. The first-order valence-electron chi connectivity index (χ1n) is 8.24. The molecule has 0 aliphatic carbocycles. The molecule has 0 bridgehead atoms. The quantitative estimate of drug-likeness (QED) is 0.607. The van der Waals surface area contributed by atoms with Crippen molar-refractivity contribution in [1.82, 2.24) is 4.98 Å². The molecule has 0 spiro atoms. The molecule has 1 N–H and O–H groups in total. The van der Waals surface area contributed by atoms with Crippen LogP contribution >= 0.6 is 11.3 Å². The Balaban J connectivity index is 1.74. The van der Waals surface area contributed by atoms with Crippen LogP contribution in [0.3, 0.4) is 0 Å². The van der Waals surface area contributed by atoms with E-state index in [2.05, 4.69) is 10.3 Å². The number of hydrogen-bond donors (Lipinski definition) is 1. The molecule has 1 aromatic heterocycles. The number of fused-ring (bicyclic) bond motifs is 1.